The van der Waals surface area contributed by atoms with Crippen molar-refractivity contribution in [1.82, 2.24) is 9.88 Å². The smallest absolute Gasteiger partial charge is 0.128 e. The molecule has 1 saturated carbocycles. The van der Waals surface area contributed by atoms with Crippen molar-refractivity contribution in [2.75, 3.05) is 44.2 Å². The number of hydrogen-bond acceptors (Lipinski definition) is 5. The minimum absolute atomic E-state index is 0. The molecule has 3 rings (SSSR count). The SMILES string of the molecule is CC1CC(OCC(S)CN2CCN(c3ccccn3)CC2)CC(C)(C)C1.Cl.Cl. The van der Waals surface area contributed by atoms with E-state index in [4.69, 9.17) is 17.4 Å². The van der Waals surface area contributed by atoms with Gasteiger partial charge < -0.3 is 9.64 Å². The van der Waals surface area contributed by atoms with Gasteiger partial charge in [-0.05, 0) is 42.7 Å². The van der Waals surface area contributed by atoms with Crippen molar-refractivity contribution in [2.45, 2.75) is 51.4 Å². The van der Waals surface area contributed by atoms with E-state index in [-0.39, 0.29) is 30.1 Å². The first-order valence-electron chi connectivity index (χ1n) is 10.1. The van der Waals surface area contributed by atoms with Crippen LogP contribution in [0.25, 0.3) is 0 Å². The number of hydrogen-bond donors (Lipinski definition) is 1. The second kappa shape index (κ2) is 11.8. The molecule has 7 heteroatoms. The molecule has 0 spiro atoms. The number of piperazine rings is 1. The standard InChI is InChI=1S/C21H35N3OS.2ClH/c1-17-12-18(14-21(2,3)13-17)25-16-19(26)15-23-8-10-24(11-9-23)20-6-4-5-7-22-20;;/h4-7,17-19,26H,8-16H2,1-3H3;2*1H. The first kappa shape index (κ1) is 25.8. The lowest BCUT2D eigenvalue weighted by atomic mass is 9.71. The van der Waals surface area contributed by atoms with E-state index in [0.717, 1.165) is 51.1 Å². The number of pyridine rings is 1. The Labute approximate surface area is 189 Å². The average Bonchev–Trinajstić information content (AvgIpc) is 2.60. The second-order valence-corrected chi connectivity index (χ2v) is 9.73. The number of anilines is 1. The molecule has 0 bridgehead atoms. The number of rotatable bonds is 6. The zero-order chi connectivity index (χ0) is 18.6. The van der Waals surface area contributed by atoms with E-state index in [1.54, 1.807) is 0 Å². The van der Waals surface area contributed by atoms with Crippen LogP contribution in [0.2, 0.25) is 0 Å². The molecule has 1 saturated heterocycles. The highest BCUT2D eigenvalue weighted by Gasteiger charge is 2.32. The summed E-state index contributed by atoms with van der Waals surface area (Å²) in [6.45, 7) is 13.1. The fourth-order valence-electron chi connectivity index (χ4n) is 4.68. The summed E-state index contributed by atoms with van der Waals surface area (Å²) in [6, 6.07) is 6.13. The third-order valence-electron chi connectivity index (χ3n) is 5.69. The van der Waals surface area contributed by atoms with Crippen molar-refractivity contribution in [3.63, 3.8) is 0 Å². The zero-order valence-corrected chi connectivity index (χ0v) is 19.9. The van der Waals surface area contributed by atoms with E-state index in [0.29, 0.717) is 11.5 Å². The van der Waals surface area contributed by atoms with Gasteiger partial charge in [-0.1, -0.05) is 26.8 Å². The molecule has 0 radical (unpaired) electrons. The van der Waals surface area contributed by atoms with Gasteiger partial charge in [0.2, 0.25) is 0 Å². The first-order valence-corrected chi connectivity index (χ1v) is 10.6. The lowest BCUT2D eigenvalue weighted by Crippen LogP contribution is -2.48. The highest BCUT2D eigenvalue weighted by Crippen LogP contribution is 2.39. The van der Waals surface area contributed by atoms with Gasteiger partial charge in [-0.25, -0.2) is 4.98 Å². The summed E-state index contributed by atoms with van der Waals surface area (Å²) in [4.78, 5) is 9.33. The van der Waals surface area contributed by atoms with E-state index in [1.807, 2.05) is 12.3 Å². The van der Waals surface area contributed by atoms with E-state index in [1.165, 1.54) is 19.3 Å². The normalized spacial score (nSPS) is 26.1. The molecule has 1 aliphatic heterocycles. The molecule has 2 heterocycles. The Balaban J connectivity index is 0.00000196. The van der Waals surface area contributed by atoms with E-state index >= 15 is 0 Å². The first-order chi connectivity index (χ1) is 12.4. The number of nitrogens with zero attached hydrogens (tertiary/aromatic N) is 3. The number of ether oxygens (including phenoxy) is 1. The fourth-order valence-corrected chi connectivity index (χ4v) is 5.00. The van der Waals surface area contributed by atoms with Gasteiger partial charge >= 0.3 is 0 Å². The van der Waals surface area contributed by atoms with Gasteiger partial charge in [-0.3, -0.25) is 4.90 Å². The van der Waals surface area contributed by atoms with Gasteiger partial charge in [0.05, 0.1) is 12.7 Å². The molecule has 1 aromatic heterocycles. The summed E-state index contributed by atoms with van der Waals surface area (Å²) in [5.74, 6) is 1.86. The molecule has 162 valence electrons. The molecule has 4 nitrogen and oxygen atoms in total. The molecule has 2 aliphatic rings. The van der Waals surface area contributed by atoms with Crippen LogP contribution in [0, 0.1) is 11.3 Å². The van der Waals surface area contributed by atoms with Gasteiger partial charge in [0.15, 0.2) is 0 Å². The molecule has 3 atom stereocenters. The molecule has 1 aliphatic carbocycles. The van der Waals surface area contributed by atoms with Gasteiger partial charge in [0.25, 0.3) is 0 Å². The molecule has 0 N–H and O–H groups in total. The van der Waals surface area contributed by atoms with Crippen LogP contribution < -0.4 is 4.90 Å². The lowest BCUT2D eigenvalue weighted by Gasteiger charge is -2.39. The molecular formula is C21H37Cl2N3OS. The highest BCUT2D eigenvalue weighted by molar-refractivity contribution is 7.81. The van der Waals surface area contributed by atoms with Crippen LogP contribution in [0.1, 0.15) is 40.0 Å². The Morgan fingerprint density at radius 2 is 1.89 bits per heavy atom. The summed E-state index contributed by atoms with van der Waals surface area (Å²) >= 11 is 4.81. The highest BCUT2D eigenvalue weighted by atomic mass is 35.5. The third-order valence-corrected chi connectivity index (χ3v) is 6.00. The number of aromatic nitrogens is 1. The number of thiol groups is 1. The van der Waals surface area contributed by atoms with Crippen molar-refractivity contribution in [3.05, 3.63) is 24.4 Å². The average molecular weight is 451 g/mol. The maximum atomic E-state index is 6.26. The van der Waals surface area contributed by atoms with Crippen LogP contribution in [0.4, 0.5) is 5.82 Å². The molecular weight excluding hydrogens is 413 g/mol. The summed E-state index contributed by atoms with van der Waals surface area (Å²) < 4.78 is 6.26. The molecule has 3 unspecified atom stereocenters. The van der Waals surface area contributed by atoms with Crippen LogP contribution in [-0.2, 0) is 4.74 Å². The van der Waals surface area contributed by atoms with E-state index in [9.17, 15) is 0 Å². The van der Waals surface area contributed by atoms with Crippen LogP contribution in [0.3, 0.4) is 0 Å². The molecule has 0 amide bonds. The lowest BCUT2D eigenvalue weighted by molar-refractivity contribution is -0.0237. The minimum Gasteiger partial charge on any atom is -0.377 e. The van der Waals surface area contributed by atoms with Crippen molar-refractivity contribution < 1.29 is 4.74 Å². The van der Waals surface area contributed by atoms with Crippen LogP contribution in [0.15, 0.2) is 24.4 Å². The van der Waals surface area contributed by atoms with E-state index < -0.39 is 0 Å². The van der Waals surface area contributed by atoms with Crippen molar-refractivity contribution in [3.8, 4) is 0 Å². The Kier molecular flexibility index (Phi) is 10.9. The zero-order valence-electron chi connectivity index (χ0n) is 17.4. The summed E-state index contributed by atoms with van der Waals surface area (Å²) in [5, 5.41) is 0.289. The second-order valence-electron chi connectivity index (χ2n) is 9.00. The summed E-state index contributed by atoms with van der Waals surface area (Å²) in [7, 11) is 0. The Morgan fingerprint density at radius 1 is 1.18 bits per heavy atom. The third kappa shape index (κ3) is 7.91. The van der Waals surface area contributed by atoms with Crippen molar-refractivity contribution in [1.29, 1.82) is 0 Å². The monoisotopic (exact) mass is 449 g/mol. The van der Waals surface area contributed by atoms with Crippen LogP contribution in [0.5, 0.6) is 0 Å². The fraction of sp³-hybridized carbons (Fsp3) is 0.762. The van der Waals surface area contributed by atoms with Crippen LogP contribution in [-0.4, -0.2) is 60.6 Å². The Morgan fingerprint density at radius 3 is 2.50 bits per heavy atom. The Hall–Kier alpha value is -0.200. The quantitative estimate of drug-likeness (QED) is 0.643. The van der Waals surface area contributed by atoms with Gasteiger partial charge in [-0.2, -0.15) is 12.6 Å². The maximum absolute atomic E-state index is 6.26. The number of halogens is 2. The Bertz CT molecular complexity index is 556. The van der Waals surface area contributed by atoms with Crippen molar-refractivity contribution >= 4 is 43.3 Å². The predicted molar refractivity (Wildman–Crippen MR) is 127 cm³/mol. The van der Waals surface area contributed by atoms with E-state index in [2.05, 4.69) is 47.7 Å². The van der Waals surface area contributed by atoms with Crippen molar-refractivity contribution in [2.24, 2.45) is 11.3 Å². The van der Waals surface area contributed by atoms with Gasteiger partial charge in [0.1, 0.15) is 5.82 Å². The van der Waals surface area contributed by atoms with Gasteiger partial charge in [-0.15, -0.1) is 24.8 Å². The minimum atomic E-state index is 0. The largest absolute Gasteiger partial charge is 0.377 e. The maximum Gasteiger partial charge on any atom is 0.128 e. The summed E-state index contributed by atoms with van der Waals surface area (Å²) in [6.07, 6.45) is 5.98. The molecule has 0 aromatic carbocycles. The van der Waals surface area contributed by atoms with Crippen LogP contribution >= 0.6 is 37.4 Å². The molecule has 28 heavy (non-hydrogen) atoms. The topological polar surface area (TPSA) is 28.6 Å². The summed E-state index contributed by atoms with van der Waals surface area (Å²) in [5.41, 5.74) is 0.413. The van der Waals surface area contributed by atoms with Gasteiger partial charge in [0, 0.05) is 44.2 Å². The predicted octanol–water partition coefficient (Wildman–Crippen LogP) is 4.58. The molecule has 1 aromatic rings. The molecule has 2 fully saturated rings.